The highest BCUT2D eigenvalue weighted by molar-refractivity contribution is 9.10. The SMILES string of the molecule is CCC(C)(C)NC(=O)CN1C(=O)C(=O)c2cc(Br)ccc21. The number of hydrogen-bond acceptors (Lipinski definition) is 3. The van der Waals surface area contributed by atoms with Crippen LogP contribution in [0.15, 0.2) is 22.7 Å². The van der Waals surface area contributed by atoms with Gasteiger partial charge >= 0.3 is 0 Å². The highest BCUT2D eigenvalue weighted by atomic mass is 79.9. The Labute approximate surface area is 131 Å². The number of halogens is 1. The average Bonchev–Trinajstić information content (AvgIpc) is 2.63. The molecule has 1 aliphatic heterocycles. The number of benzene rings is 1. The molecule has 2 amide bonds. The first-order chi connectivity index (χ1) is 9.75. The standard InChI is InChI=1S/C15H17BrN2O3/c1-4-15(2,3)17-12(19)8-18-11-6-5-9(16)7-10(11)13(20)14(18)21/h5-7H,4,8H2,1-3H3,(H,17,19). The maximum Gasteiger partial charge on any atom is 0.299 e. The highest BCUT2D eigenvalue weighted by Crippen LogP contribution is 2.31. The quantitative estimate of drug-likeness (QED) is 0.845. The molecule has 0 aliphatic carbocycles. The lowest BCUT2D eigenvalue weighted by Gasteiger charge is -2.26. The summed E-state index contributed by atoms with van der Waals surface area (Å²) >= 11 is 3.27. The molecule has 21 heavy (non-hydrogen) atoms. The molecule has 0 aromatic heterocycles. The van der Waals surface area contributed by atoms with Crippen LogP contribution in [0.2, 0.25) is 0 Å². The third kappa shape index (κ3) is 3.15. The van der Waals surface area contributed by atoms with E-state index in [0.29, 0.717) is 11.3 Å². The summed E-state index contributed by atoms with van der Waals surface area (Å²) < 4.78 is 0.723. The second kappa shape index (κ2) is 5.60. The molecule has 0 atom stereocenters. The van der Waals surface area contributed by atoms with Gasteiger partial charge in [0, 0.05) is 10.0 Å². The minimum absolute atomic E-state index is 0.150. The van der Waals surface area contributed by atoms with Crippen molar-refractivity contribution in [2.45, 2.75) is 32.7 Å². The summed E-state index contributed by atoms with van der Waals surface area (Å²) in [5.74, 6) is -1.51. The molecule has 0 bridgehead atoms. The second-order valence-electron chi connectivity index (χ2n) is 5.67. The molecule has 1 N–H and O–H groups in total. The van der Waals surface area contributed by atoms with Crippen molar-refractivity contribution in [2.75, 3.05) is 11.4 Å². The van der Waals surface area contributed by atoms with Crippen molar-refractivity contribution in [3.05, 3.63) is 28.2 Å². The number of carbonyl (C=O) groups is 3. The van der Waals surface area contributed by atoms with Gasteiger partial charge in [0.2, 0.25) is 5.91 Å². The monoisotopic (exact) mass is 352 g/mol. The predicted molar refractivity (Wildman–Crippen MR) is 83.3 cm³/mol. The lowest BCUT2D eigenvalue weighted by molar-refractivity contribution is -0.123. The molecular formula is C15H17BrN2O3. The number of amides is 2. The summed E-state index contributed by atoms with van der Waals surface area (Å²) in [5, 5.41) is 2.86. The van der Waals surface area contributed by atoms with Crippen LogP contribution in [0.4, 0.5) is 5.69 Å². The van der Waals surface area contributed by atoms with Crippen LogP contribution in [0.1, 0.15) is 37.6 Å². The first kappa shape index (κ1) is 15.7. The van der Waals surface area contributed by atoms with Crippen LogP contribution in [-0.2, 0) is 9.59 Å². The van der Waals surface area contributed by atoms with E-state index in [-0.39, 0.29) is 18.0 Å². The van der Waals surface area contributed by atoms with Crippen molar-refractivity contribution < 1.29 is 14.4 Å². The first-order valence-corrected chi connectivity index (χ1v) is 7.51. The zero-order valence-electron chi connectivity index (χ0n) is 12.2. The van der Waals surface area contributed by atoms with Crippen molar-refractivity contribution in [3.63, 3.8) is 0 Å². The molecule has 1 aromatic carbocycles. The minimum atomic E-state index is -0.660. The van der Waals surface area contributed by atoms with E-state index in [0.717, 1.165) is 10.9 Å². The van der Waals surface area contributed by atoms with Crippen LogP contribution >= 0.6 is 15.9 Å². The molecule has 0 unspecified atom stereocenters. The minimum Gasteiger partial charge on any atom is -0.350 e. The number of nitrogens with zero attached hydrogens (tertiary/aromatic N) is 1. The van der Waals surface area contributed by atoms with Gasteiger partial charge in [0.1, 0.15) is 6.54 Å². The predicted octanol–water partition coefficient (Wildman–Crippen LogP) is 2.28. The van der Waals surface area contributed by atoms with Crippen molar-refractivity contribution >= 4 is 39.2 Å². The fourth-order valence-corrected chi connectivity index (χ4v) is 2.44. The third-order valence-electron chi connectivity index (χ3n) is 3.60. The van der Waals surface area contributed by atoms with Gasteiger partial charge in [0.25, 0.3) is 11.7 Å². The van der Waals surface area contributed by atoms with E-state index in [1.807, 2.05) is 20.8 Å². The number of Topliss-reactive ketones (excluding diaryl/α,β-unsaturated/α-hetero) is 1. The summed E-state index contributed by atoms with van der Waals surface area (Å²) in [4.78, 5) is 37.3. The Balaban J connectivity index is 2.21. The molecule has 2 rings (SSSR count). The number of anilines is 1. The number of carbonyl (C=O) groups excluding carboxylic acids is 3. The van der Waals surface area contributed by atoms with Crippen molar-refractivity contribution in [3.8, 4) is 0 Å². The van der Waals surface area contributed by atoms with Gasteiger partial charge in [0.15, 0.2) is 0 Å². The van der Waals surface area contributed by atoms with Gasteiger partial charge in [-0.2, -0.15) is 0 Å². The number of hydrogen-bond donors (Lipinski definition) is 1. The van der Waals surface area contributed by atoms with Crippen molar-refractivity contribution in [2.24, 2.45) is 0 Å². The zero-order chi connectivity index (χ0) is 15.8. The van der Waals surface area contributed by atoms with Crippen LogP contribution < -0.4 is 10.2 Å². The molecular weight excluding hydrogens is 336 g/mol. The number of rotatable bonds is 4. The van der Waals surface area contributed by atoms with Crippen molar-refractivity contribution in [1.82, 2.24) is 5.32 Å². The Kier molecular flexibility index (Phi) is 4.18. The fraction of sp³-hybridized carbons (Fsp3) is 0.400. The topological polar surface area (TPSA) is 66.5 Å². The van der Waals surface area contributed by atoms with E-state index in [1.54, 1.807) is 18.2 Å². The molecule has 0 spiro atoms. The van der Waals surface area contributed by atoms with E-state index in [1.165, 1.54) is 4.90 Å². The van der Waals surface area contributed by atoms with Crippen LogP contribution in [0.5, 0.6) is 0 Å². The third-order valence-corrected chi connectivity index (χ3v) is 4.09. The summed E-state index contributed by atoms with van der Waals surface area (Å²) in [5.41, 5.74) is 0.474. The summed E-state index contributed by atoms with van der Waals surface area (Å²) in [6.45, 7) is 5.64. The van der Waals surface area contributed by atoms with E-state index in [2.05, 4.69) is 21.2 Å². The molecule has 6 heteroatoms. The Hall–Kier alpha value is -1.69. The van der Waals surface area contributed by atoms with Gasteiger partial charge in [-0.25, -0.2) is 0 Å². The van der Waals surface area contributed by atoms with E-state index in [4.69, 9.17) is 0 Å². The zero-order valence-corrected chi connectivity index (χ0v) is 13.8. The Morgan fingerprint density at radius 3 is 2.62 bits per heavy atom. The van der Waals surface area contributed by atoms with Crippen LogP contribution in [0.25, 0.3) is 0 Å². The molecule has 0 saturated carbocycles. The van der Waals surface area contributed by atoms with Gasteiger partial charge in [0.05, 0.1) is 11.3 Å². The van der Waals surface area contributed by atoms with E-state index in [9.17, 15) is 14.4 Å². The highest BCUT2D eigenvalue weighted by Gasteiger charge is 2.37. The lowest BCUT2D eigenvalue weighted by Crippen LogP contribution is -2.48. The molecule has 5 nitrogen and oxygen atoms in total. The van der Waals surface area contributed by atoms with Gasteiger partial charge in [-0.05, 0) is 38.5 Å². The molecule has 0 saturated heterocycles. The molecule has 1 aliphatic rings. The Morgan fingerprint density at radius 1 is 1.33 bits per heavy atom. The van der Waals surface area contributed by atoms with Crippen molar-refractivity contribution in [1.29, 1.82) is 0 Å². The molecule has 1 aromatic rings. The van der Waals surface area contributed by atoms with Crippen LogP contribution in [-0.4, -0.2) is 29.7 Å². The van der Waals surface area contributed by atoms with Gasteiger partial charge in [-0.3, -0.25) is 19.3 Å². The maximum atomic E-state index is 12.1. The lowest BCUT2D eigenvalue weighted by atomic mass is 10.0. The van der Waals surface area contributed by atoms with Crippen LogP contribution in [0, 0.1) is 0 Å². The number of fused-ring (bicyclic) bond motifs is 1. The van der Waals surface area contributed by atoms with E-state index >= 15 is 0 Å². The first-order valence-electron chi connectivity index (χ1n) is 6.72. The smallest absolute Gasteiger partial charge is 0.299 e. The molecule has 0 fully saturated rings. The van der Waals surface area contributed by atoms with Gasteiger partial charge < -0.3 is 5.32 Å². The summed E-state index contributed by atoms with van der Waals surface area (Å²) in [7, 11) is 0. The number of ketones is 1. The Morgan fingerprint density at radius 2 is 2.00 bits per heavy atom. The molecule has 1 heterocycles. The Bertz CT molecular complexity index is 625. The molecule has 0 radical (unpaired) electrons. The van der Waals surface area contributed by atoms with Crippen LogP contribution in [0.3, 0.4) is 0 Å². The van der Waals surface area contributed by atoms with E-state index < -0.39 is 11.7 Å². The molecule has 112 valence electrons. The second-order valence-corrected chi connectivity index (χ2v) is 6.58. The largest absolute Gasteiger partial charge is 0.350 e. The normalized spacial score (nSPS) is 14.4. The van der Waals surface area contributed by atoms with Gasteiger partial charge in [-0.1, -0.05) is 22.9 Å². The van der Waals surface area contributed by atoms with Gasteiger partial charge in [-0.15, -0.1) is 0 Å². The summed E-state index contributed by atoms with van der Waals surface area (Å²) in [6, 6.07) is 5.01. The fourth-order valence-electron chi connectivity index (χ4n) is 2.08. The maximum absolute atomic E-state index is 12.1. The summed E-state index contributed by atoms with van der Waals surface area (Å²) in [6.07, 6.45) is 0.773. The number of nitrogens with one attached hydrogen (secondary N) is 1. The average molecular weight is 353 g/mol.